The van der Waals surface area contributed by atoms with E-state index >= 15 is 0 Å². The Morgan fingerprint density at radius 3 is 2.61 bits per heavy atom. The molecule has 0 radical (unpaired) electrons. The third-order valence-corrected chi connectivity index (χ3v) is 3.78. The smallest absolute Gasteiger partial charge is 0.101 e. The van der Waals surface area contributed by atoms with Gasteiger partial charge >= 0.3 is 0 Å². The Labute approximate surface area is 132 Å². The number of nitrogens with zero attached hydrogens (tertiary/aromatic N) is 1. The molecular weight excluding hydrogens is 426 g/mol. The summed E-state index contributed by atoms with van der Waals surface area (Å²) in [5, 5.41) is 12.9. The average Bonchev–Trinajstić information content (AvgIpc) is 2.33. The summed E-state index contributed by atoms with van der Waals surface area (Å²) in [6.45, 7) is 0. The Morgan fingerprint density at radius 1 is 1.17 bits per heavy atom. The van der Waals surface area contributed by atoms with E-state index in [1.807, 2.05) is 30.3 Å². The lowest BCUT2D eigenvalue weighted by Crippen LogP contribution is -1.94. The minimum absolute atomic E-state index is 0.577. The van der Waals surface area contributed by atoms with Crippen molar-refractivity contribution in [3.05, 3.63) is 55.0 Å². The molecule has 0 fully saturated rings. The standard InChI is InChI=1S/C13H7BrClIN2/c14-9-2-1-8(7-17)13(5-9)18-12-4-3-10(16)6-11(12)15/h1-6,18H. The quantitative estimate of drug-likeness (QED) is 0.651. The van der Waals surface area contributed by atoms with Crippen LogP contribution < -0.4 is 5.32 Å². The molecule has 0 aliphatic heterocycles. The summed E-state index contributed by atoms with van der Waals surface area (Å²) in [5.74, 6) is 0. The number of hydrogen-bond acceptors (Lipinski definition) is 2. The molecule has 0 unspecified atom stereocenters. The highest BCUT2D eigenvalue weighted by Gasteiger charge is 2.06. The summed E-state index contributed by atoms with van der Waals surface area (Å²) >= 11 is 11.7. The van der Waals surface area contributed by atoms with Crippen LogP contribution in [0.25, 0.3) is 0 Å². The lowest BCUT2D eigenvalue weighted by Gasteiger charge is -2.10. The van der Waals surface area contributed by atoms with Crippen LogP contribution in [0.2, 0.25) is 5.02 Å². The van der Waals surface area contributed by atoms with Crippen molar-refractivity contribution in [3.63, 3.8) is 0 Å². The molecule has 0 aliphatic rings. The number of hydrogen-bond donors (Lipinski definition) is 1. The molecule has 2 rings (SSSR count). The fourth-order valence-corrected chi connectivity index (χ4v) is 2.72. The number of benzene rings is 2. The van der Waals surface area contributed by atoms with Crippen LogP contribution in [0.5, 0.6) is 0 Å². The summed E-state index contributed by atoms with van der Waals surface area (Å²) in [7, 11) is 0. The van der Waals surface area contributed by atoms with Gasteiger partial charge in [0.1, 0.15) is 6.07 Å². The Hall–Kier alpha value is -0.770. The first kappa shape index (κ1) is 13.7. The van der Waals surface area contributed by atoms with E-state index in [2.05, 4.69) is 49.9 Å². The topological polar surface area (TPSA) is 35.8 Å². The molecule has 18 heavy (non-hydrogen) atoms. The van der Waals surface area contributed by atoms with E-state index in [-0.39, 0.29) is 0 Å². The van der Waals surface area contributed by atoms with Gasteiger partial charge in [-0.2, -0.15) is 5.26 Å². The number of nitriles is 1. The molecule has 0 saturated carbocycles. The van der Waals surface area contributed by atoms with Gasteiger partial charge in [-0.3, -0.25) is 0 Å². The monoisotopic (exact) mass is 432 g/mol. The number of rotatable bonds is 2. The number of anilines is 2. The molecule has 0 aromatic heterocycles. The highest BCUT2D eigenvalue weighted by Crippen LogP contribution is 2.29. The van der Waals surface area contributed by atoms with E-state index in [9.17, 15) is 0 Å². The third kappa shape index (κ3) is 3.16. The second-order valence-corrected chi connectivity index (χ2v) is 6.12. The molecule has 0 atom stereocenters. The Bertz CT molecular complexity index is 637. The summed E-state index contributed by atoms with van der Waals surface area (Å²) in [6, 6.07) is 13.3. The molecule has 2 nitrogen and oxygen atoms in total. The first-order valence-corrected chi connectivity index (χ1v) is 7.27. The van der Waals surface area contributed by atoms with Crippen LogP contribution in [0, 0.1) is 14.9 Å². The molecular formula is C13H7BrClIN2. The normalized spacial score (nSPS) is 9.89. The zero-order chi connectivity index (χ0) is 13.1. The second-order valence-electron chi connectivity index (χ2n) is 3.55. The largest absolute Gasteiger partial charge is 0.353 e. The van der Waals surface area contributed by atoms with Gasteiger partial charge < -0.3 is 5.32 Å². The third-order valence-electron chi connectivity index (χ3n) is 2.30. The average molecular weight is 433 g/mol. The Kier molecular flexibility index (Phi) is 4.49. The summed E-state index contributed by atoms with van der Waals surface area (Å²) in [5.41, 5.74) is 2.09. The van der Waals surface area contributed by atoms with Crippen molar-refractivity contribution >= 4 is 61.5 Å². The molecule has 0 bridgehead atoms. The van der Waals surface area contributed by atoms with Gasteiger partial charge in [-0.15, -0.1) is 0 Å². The van der Waals surface area contributed by atoms with Crippen LogP contribution in [0.1, 0.15) is 5.56 Å². The van der Waals surface area contributed by atoms with Gasteiger partial charge in [0.25, 0.3) is 0 Å². The van der Waals surface area contributed by atoms with Crippen molar-refractivity contribution in [3.8, 4) is 6.07 Å². The maximum Gasteiger partial charge on any atom is 0.101 e. The first-order valence-electron chi connectivity index (χ1n) is 5.02. The van der Waals surface area contributed by atoms with Crippen molar-refractivity contribution in [1.82, 2.24) is 0 Å². The SMILES string of the molecule is N#Cc1ccc(Br)cc1Nc1ccc(I)cc1Cl. The molecule has 0 amide bonds. The van der Waals surface area contributed by atoms with Gasteiger partial charge in [0.2, 0.25) is 0 Å². The van der Waals surface area contributed by atoms with E-state index in [1.165, 1.54) is 0 Å². The lowest BCUT2D eigenvalue weighted by atomic mass is 10.2. The van der Waals surface area contributed by atoms with Gasteiger partial charge in [-0.05, 0) is 59.0 Å². The van der Waals surface area contributed by atoms with Crippen molar-refractivity contribution < 1.29 is 0 Å². The van der Waals surface area contributed by atoms with Crippen molar-refractivity contribution in [2.75, 3.05) is 5.32 Å². The molecule has 2 aromatic carbocycles. The van der Waals surface area contributed by atoms with Crippen LogP contribution in [-0.2, 0) is 0 Å². The summed E-state index contributed by atoms with van der Waals surface area (Å²) in [6.07, 6.45) is 0. The maximum absolute atomic E-state index is 9.06. The predicted octanol–water partition coefficient (Wildman–Crippen LogP) is 5.32. The molecule has 90 valence electrons. The lowest BCUT2D eigenvalue weighted by molar-refractivity contribution is 1.45. The van der Waals surface area contributed by atoms with Crippen molar-refractivity contribution in [1.29, 1.82) is 5.26 Å². The minimum atomic E-state index is 0.577. The summed E-state index contributed by atoms with van der Waals surface area (Å²) in [4.78, 5) is 0. The molecule has 2 aromatic rings. The van der Waals surface area contributed by atoms with Crippen LogP contribution in [-0.4, -0.2) is 0 Å². The van der Waals surface area contributed by atoms with Gasteiger partial charge in [0, 0.05) is 8.04 Å². The van der Waals surface area contributed by atoms with E-state index in [0.717, 1.165) is 19.4 Å². The Morgan fingerprint density at radius 2 is 1.94 bits per heavy atom. The van der Waals surface area contributed by atoms with Gasteiger partial charge in [-0.1, -0.05) is 27.5 Å². The molecule has 0 heterocycles. The van der Waals surface area contributed by atoms with Crippen molar-refractivity contribution in [2.45, 2.75) is 0 Å². The highest BCUT2D eigenvalue weighted by molar-refractivity contribution is 14.1. The van der Waals surface area contributed by atoms with Crippen LogP contribution in [0.15, 0.2) is 40.9 Å². The summed E-state index contributed by atoms with van der Waals surface area (Å²) < 4.78 is 1.98. The number of halogens is 3. The first-order chi connectivity index (χ1) is 8.60. The van der Waals surface area contributed by atoms with Crippen LogP contribution in [0.4, 0.5) is 11.4 Å². The molecule has 0 aliphatic carbocycles. The number of nitrogens with one attached hydrogen (secondary N) is 1. The highest BCUT2D eigenvalue weighted by atomic mass is 127. The van der Waals surface area contributed by atoms with E-state index < -0.39 is 0 Å². The van der Waals surface area contributed by atoms with Crippen molar-refractivity contribution in [2.24, 2.45) is 0 Å². The van der Waals surface area contributed by atoms with E-state index in [4.69, 9.17) is 16.9 Å². The molecule has 0 saturated heterocycles. The van der Waals surface area contributed by atoms with Gasteiger partial charge in [0.15, 0.2) is 0 Å². The molecule has 0 spiro atoms. The Balaban J connectivity index is 2.40. The minimum Gasteiger partial charge on any atom is -0.353 e. The molecule has 1 N–H and O–H groups in total. The zero-order valence-corrected chi connectivity index (χ0v) is 13.5. The van der Waals surface area contributed by atoms with E-state index in [1.54, 1.807) is 6.07 Å². The maximum atomic E-state index is 9.06. The van der Waals surface area contributed by atoms with E-state index in [0.29, 0.717) is 10.6 Å². The van der Waals surface area contributed by atoms with Crippen LogP contribution >= 0.6 is 50.1 Å². The van der Waals surface area contributed by atoms with Gasteiger partial charge in [0.05, 0.1) is 22.0 Å². The van der Waals surface area contributed by atoms with Gasteiger partial charge in [-0.25, -0.2) is 0 Å². The predicted molar refractivity (Wildman–Crippen MR) is 86.3 cm³/mol. The van der Waals surface area contributed by atoms with Crippen LogP contribution in [0.3, 0.4) is 0 Å². The zero-order valence-electron chi connectivity index (χ0n) is 9.05. The second kappa shape index (κ2) is 5.91. The fourth-order valence-electron chi connectivity index (χ4n) is 1.45. The molecule has 5 heteroatoms. The fraction of sp³-hybridized carbons (Fsp3) is 0.